The number of nitrogens with two attached hydrogens (primary N) is 1. The number of aryl methyl sites for hydroxylation is 2. The summed E-state index contributed by atoms with van der Waals surface area (Å²) in [6, 6.07) is 8.26. The first-order valence-electron chi connectivity index (χ1n) is 5.51. The van der Waals surface area contributed by atoms with Crippen LogP contribution in [0.2, 0.25) is 0 Å². The lowest BCUT2D eigenvalue weighted by Crippen LogP contribution is -2.00. The summed E-state index contributed by atoms with van der Waals surface area (Å²) in [6.45, 7) is 4.16. The number of imidazole rings is 1. The Morgan fingerprint density at radius 1 is 1.38 bits per heavy atom. The molecule has 84 valence electrons. The topological polar surface area (TPSA) is 43.8 Å². The molecule has 0 aliphatic heterocycles. The van der Waals surface area contributed by atoms with Gasteiger partial charge in [-0.05, 0) is 13.0 Å². The van der Waals surface area contributed by atoms with E-state index in [1.807, 2.05) is 23.7 Å². The number of anilines is 1. The van der Waals surface area contributed by atoms with Crippen LogP contribution in [-0.4, -0.2) is 9.55 Å². The van der Waals surface area contributed by atoms with E-state index in [9.17, 15) is 0 Å². The fraction of sp³-hybridized carbons (Fsp3) is 0.308. The maximum atomic E-state index is 6.06. The molecule has 16 heavy (non-hydrogen) atoms. The third-order valence-corrected chi connectivity index (χ3v) is 2.84. The zero-order chi connectivity index (χ0) is 11.7. The molecule has 0 aliphatic carbocycles. The van der Waals surface area contributed by atoms with Crippen LogP contribution in [0.15, 0.2) is 24.3 Å². The number of rotatable bonds is 2. The van der Waals surface area contributed by atoms with Gasteiger partial charge < -0.3 is 10.3 Å². The molecule has 0 spiro atoms. The molecule has 1 aromatic carbocycles. The summed E-state index contributed by atoms with van der Waals surface area (Å²) in [5.41, 5.74) is 9.27. The first-order valence-corrected chi connectivity index (χ1v) is 5.51. The van der Waals surface area contributed by atoms with Gasteiger partial charge in [-0.2, -0.15) is 0 Å². The van der Waals surface area contributed by atoms with Crippen LogP contribution in [0.1, 0.15) is 18.3 Å². The minimum Gasteiger partial charge on any atom is -0.383 e. The van der Waals surface area contributed by atoms with Crippen molar-refractivity contribution in [1.29, 1.82) is 0 Å². The van der Waals surface area contributed by atoms with Gasteiger partial charge in [0.25, 0.3) is 0 Å². The molecule has 1 aromatic heterocycles. The molecular weight excluding hydrogens is 198 g/mol. The largest absolute Gasteiger partial charge is 0.383 e. The number of hydrogen-bond acceptors (Lipinski definition) is 2. The Kier molecular flexibility index (Phi) is 2.69. The second kappa shape index (κ2) is 4.00. The molecule has 3 heteroatoms. The van der Waals surface area contributed by atoms with Gasteiger partial charge in [-0.15, -0.1) is 0 Å². The fourth-order valence-electron chi connectivity index (χ4n) is 1.88. The first kappa shape index (κ1) is 10.7. The van der Waals surface area contributed by atoms with Gasteiger partial charge in [-0.25, -0.2) is 4.98 Å². The van der Waals surface area contributed by atoms with Crippen LogP contribution >= 0.6 is 0 Å². The van der Waals surface area contributed by atoms with Crippen LogP contribution in [0, 0.1) is 6.92 Å². The summed E-state index contributed by atoms with van der Waals surface area (Å²) in [5, 5.41) is 0. The molecule has 0 amide bonds. The van der Waals surface area contributed by atoms with Crippen molar-refractivity contribution in [2.45, 2.75) is 20.3 Å². The molecule has 2 aromatic rings. The lowest BCUT2D eigenvalue weighted by molar-refractivity contribution is 0.816. The molecule has 2 N–H and O–H groups in total. The zero-order valence-corrected chi connectivity index (χ0v) is 9.99. The molecule has 3 nitrogen and oxygen atoms in total. The summed E-state index contributed by atoms with van der Waals surface area (Å²) in [7, 11) is 1.96. The standard InChI is InChI=1S/C13H17N3/c1-4-11-15-12(13(14)16(11)3)10-7-5-6-9(2)8-10/h5-8H,4,14H2,1-3H3. The van der Waals surface area contributed by atoms with Gasteiger partial charge in [0.05, 0.1) is 0 Å². The summed E-state index contributed by atoms with van der Waals surface area (Å²) in [5.74, 6) is 1.76. The highest BCUT2D eigenvalue weighted by atomic mass is 15.1. The SMILES string of the molecule is CCc1nc(-c2cccc(C)c2)c(N)n1C. The highest BCUT2D eigenvalue weighted by Gasteiger charge is 2.12. The van der Waals surface area contributed by atoms with Gasteiger partial charge >= 0.3 is 0 Å². The average molecular weight is 215 g/mol. The van der Waals surface area contributed by atoms with E-state index in [-0.39, 0.29) is 0 Å². The first-order chi connectivity index (χ1) is 7.63. The Hall–Kier alpha value is -1.77. The van der Waals surface area contributed by atoms with Gasteiger partial charge in [0.15, 0.2) is 0 Å². The Balaban J connectivity index is 2.56. The highest BCUT2D eigenvalue weighted by Crippen LogP contribution is 2.26. The van der Waals surface area contributed by atoms with Crippen molar-refractivity contribution in [3.8, 4) is 11.3 Å². The van der Waals surface area contributed by atoms with E-state index in [4.69, 9.17) is 5.73 Å². The van der Waals surface area contributed by atoms with Gasteiger partial charge in [0.1, 0.15) is 17.3 Å². The van der Waals surface area contributed by atoms with Crippen LogP contribution in [0.5, 0.6) is 0 Å². The lowest BCUT2D eigenvalue weighted by atomic mass is 10.1. The molecule has 0 unspecified atom stereocenters. The van der Waals surface area contributed by atoms with Crippen molar-refractivity contribution in [3.05, 3.63) is 35.7 Å². The monoisotopic (exact) mass is 215 g/mol. The summed E-state index contributed by atoms with van der Waals surface area (Å²) >= 11 is 0. The zero-order valence-electron chi connectivity index (χ0n) is 9.99. The maximum absolute atomic E-state index is 6.06. The Labute approximate surface area is 95.9 Å². The number of nitrogens with zero attached hydrogens (tertiary/aromatic N) is 2. The minimum atomic E-state index is 0.738. The van der Waals surface area contributed by atoms with E-state index in [0.717, 1.165) is 29.3 Å². The fourth-order valence-corrected chi connectivity index (χ4v) is 1.88. The van der Waals surface area contributed by atoms with E-state index in [0.29, 0.717) is 0 Å². The normalized spacial score (nSPS) is 10.7. The Morgan fingerprint density at radius 2 is 2.12 bits per heavy atom. The smallest absolute Gasteiger partial charge is 0.131 e. The van der Waals surface area contributed by atoms with Crippen molar-refractivity contribution in [2.75, 3.05) is 5.73 Å². The van der Waals surface area contributed by atoms with Gasteiger partial charge in [-0.3, -0.25) is 0 Å². The second-order valence-electron chi connectivity index (χ2n) is 4.04. The van der Waals surface area contributed by atoms with Crippen molar-refractivity contribution >= 4 is 5.82 Å². The van der Waals surface area contributed by atoms with Crippen LogP contribution in [0.4, 0.5) is 5.82 Å². The van der Waals surface area contributed by atoms with E-state index in [1.165, 1.54) is 5.56 Å². The Bertz CT molecular complexity index is 512. The van der Waals surface area contributed by atoms with Crippen molar-refractivity contribution < 1.29 is 0 Å². The van der Waals surface area contributed by atoms with E-state index in [1.54, 1.807) is 0 Å². The third kappa shape index (κ3) is 1.69. The molecule has 0 aliphatic rings. The van der Waals surface area contributed by atoms with Gasteiger partial charge in [-0.1, -0.05) is 30.7 Å². The third-order valence-electron chi connectivity index (χ3n) is 2.84. The number of aromatic nitrogens is 2. The molecule has 0 bridgehead atoms. The maximum Gasteiger partial charge on any atom is 0.131 e. The van der Waals surface area contributed by atoms with Crippen molar-refractivity contribution in [1.82, 2.24) is 9.55 Å². The summed E-state index contributed by atoms with van der Waals surface area (Å²) in [4.78, 5) is 4.58. The molecule has 0 fully saturated rings. The molecule has 2 rings (SSSR count). The lowest BCUT2D eigenvalue weighted by Gasteiger charge is -2.01. The number of benzene rings is 1. The number of hydrogen-bond donors (Lipinski definition) is 1. The molecule has 1 heterocycles. The quantitative estimate of drug-likeness (QED) is 0.836. The van der Waals surface area contributed by atoms with Crippen molar-refractivity contribution in [3.63, 3.8) is 0 Å². The van der Waals surface area contributed by atoms with E-state index < -0.39 is 0 Å². The highest BCUT2D eigenvalue weighted by molar-refractivity contribution is 5.71. The van der Waals surface area contributed by atoms with Crippen LogP contribution in [0.25, 0.3) is 11.3 Å². The minimum absolute atomic E-state index is 0.738. The molecular formula is C13H17N3. The Morgan fingerprint density at radius 3 is 2.69 bits per heavy atom. The predicted molar refractivity (Wildman–Crippen MR) is 67.2 cm³/mol. The average Bonchev–Trinajstić information content (AvgIpc) is 2.56. The van der Waals surface area contributed by atoms with E-state index in [2.05, 4.69) is 31.0 Å². The molecule has 0 atom stereocenters. The molecule has 0 saturated heterocycles. The van der Waals surface area contributed by atoms with Crippen LogP contribution < -0.4 is 5.73 Å². The van der Waals surface area contributed by atoms with Crippen LogP contribution in [0.3, 0.4) is 0 Å². The molecule has 0 radical (unpaired) electrons. The summed E-state index contributed by atoms with van der Waals surface area (Å²) in [6.07, 6.45) is 0.895. The summed E-state index contributed by atoms with van der Waals surface area (Å²) < 4.78 is 1.96. The number of nitrogen functional groups attached to an aromatic ring is 1. The van der Waals surface area contributed by atoms with Gasteiger partial charge in [0.2, 0.25) is 0 Å². The van der Waals surface area contributed by atoms with Crippen molar-refractivity contribution in [2.24, 2.45) is 7.05 Å². The van der Waals surface area contributed by atoms with Gasteiger partial charge in [0, 0.05) is 19.0 Å². The van der Waals surface area contributed by atoms with E-state index >= 15 is 0 Å². The molecule has 0 saturated carbocycles. The second-order valence-corrected chi connectivity index (χ2v) is 4.04. The predicted octanol–water partition coefficient (Wildman–Crippen LogP) is 2.54. The van der Waals surface area contributed by atoms with Crippen LogP contribution in [-0.2, 0) is 13.5 Å².